The first-order valence-electron chi connectivity index (χ1n) is 8.44. The Labute approximate surface area is 131 Å². The average Bonchev–Trinajstić information content (AvgIpc) is 2.88. The van der Waals surface area contributed by atoms with Crippen LogP contribution in [0.2, 0.25) is 0 Å². The van der Waals surface area contributed by atoms with E-state index in [4.69, 9.17) is 0 Å². The van der Waals surface area contributed by atoms with Crippen molar-refractivity contribution in [3.05, 3.63) is 18.7 Å². The predicted octanol–water partition coefficient (Wildman–Crippen LogP) is 1.72. The molecule has 1 heterocycles. The molecule has 1 aromatic heterocycles. The van der Waals surface area contributed by atoms with Crippen molar-refractivity contribution in [2.75, 3.05) is 0 Å². The number of amides is 1. The molecule has 4 aliphatic rings. The first kappa shape index (κ1) is 14.2. The number of hydrogen-bond acceptors (Lipinski definition) is 3. The van der Waals surface area contributed by atoms with Crippen molar-refractivity contribution in [2.24, 2.45) is 17.3 Å². The lowest BCUT2D eigenvalue weighted by atomic mass is 9.46. The molecule has 4 fully saturated rings. The highest BCUT2D eigenvalue weighted by atomic mass is 16.3. The van der Waals surface area contributed by atoms with Crippen molar-refractivity contribution < 1.29 is 9.90 Å². The molecule has 5 heteroatoms. The van der Waals surface area contributed by atoms with Gasteiger partial charge in [0, 0.05) is 18.4 Å². The number of hydrogen-bond donors (Lipinski definition) is 2. The Morgan fingerprint density at radius 2 is 2.14 bits per heavy atom. The summed E-state index contributed by atoms with van der Waals surface area (Å²) in [5, 5.41) is 14.0. The molecule has 0 spiro atoms. The van der Waals surface area contributed by atoms with Gasteiger partial charge in [0.2, 0.25) is 5.91 Å². The molecule has 1 amide bonds. The van der Waals surface area contributed by atoms with Crippen LogP contribution in [-0.4, -0.2) is 32.2 Å². The van der Waals surface area contributed by atoms with E-state index in [-0.39, 0.29) is 17.4 Å². The summed E-state index contributed by atoms with van der Waals surface area (Å²) in [6.07, 6.45) is 11.6. The maximum Gasteiger partial charge on any atom is 0.240 e. The minimum absolute atomic E-state index is 0.0354. The number of carbonyl (C=O) groups is 1. The number of carbonyl (C=O) groups excluding carboxylic acids is 1. The Kier molecular flexibility index (Phi) is 3.12. The molecule has 5 rings (SSSR count). The maximum atomic E-state index is 12.3. The third-order valence-electron chi connectivity index (χ3n) is 6.26. The van der Waals surface area contributed by atoms with Crippen molar-refractivity contribution in [3.8, 4) is 0 Å². The second-order valence-electron chi connectivity index (χ2n) is 8.07. The van der Waals surface area contributed by atoms with Crippen molar-refractivity contribution in [1.82, 2.24) is 14.9 Å². The fourth-order valence-corrected chi connectivity index (χ4v) is 5.78. The molecule has 4 bridgehead atoms. The molecule has 0 aromatic carbocycles. The van der Waals surface area contributed by atoms with Gasteiger partial charge < -0.3 is 15.0 Å². The average molecular weight is 303 g/mol. The smallest absolute Gasteiger partial charge is 0.240 e. The Bertz CT molecular complexity index is 554. The normalized spacial score (nSPS) is 40.6. The van der Waals surface area contributed by atoms with Gasteiger partial charge in [0.25, 0.3) is 0 Å². The van der Waals surface area contributed by atoms with Crippen LogP contribution < -0.4 is 5.32 Å². The topological polar surface area (TPSA) is 67.2 Å². The summed E-state index contributed by atoms with van der Waals surface area (Å²) in [7, 11) is 0. The van der Waals surface area contributed by atoms with Gasteiger partial charge in [0.05, 0.1) is 11.9 Å². The van der Waals surface area contributed by atoms with Gasteiger partial charge in [-0.1, -0.05) is 0 Å². The minimum Gasteiger partial charge on any atom is -0.390 e. The van der Waals surface area contributed by atoms with Gasteiger partial charge in [-0.15, -0.1) is 0 Å². The molecule has 0 radical (unpaired) electrons. The quantitative estimate of drug-likeness (QED) is 0.890. The van der Waals surface area contributed by atoms with Gasteiger partial charge in [-0.25, -0.2) is 4.98 Å². The maximum absolute atomic E-state index is 12.3. The first-order chi connectivity index (χ1) is 10.5. The summed E-state index contributed by atoms with van der Waals surface area (Å²) in [5.41, 5.74) is -0.364. The second-order valence-corrected chi connectivity index (χ2v) is 8.07. The number of rotatable bonds is 4. The van der Waals surface area contributed by atoms with Crippen LogP contribution in [0.25, 0.3) is 0 Å². The predicted molar refractivity (Wildman–Crippen MR) is 81.9 cm³/mol. The van der Waals surface area contributed by atoms with Crippen LogP contribution in [0.1, 0.15) is 45.4 Å². The van der Waals surface area contributed by atoms with Gasteiger partial charge in [0.15, 0.2) is 0 Å². The Morgan fingerprint density at radius 3 is 2.73 bits per heavy atom. The van der Waals surface area contributed by atoms with Crippen LogP contribution in [0, 0.1) is 17.3 Å². The highest BCUT2D eigenvalue weighted by molar-refractivity contribution is 5.76. The zero-order valence-corrected chi connectivity index (χ0v) is 13.2. The van der Waals surface area contributed by atoms with Crippen LogP contribution in [-0.2, 0) is 11.3 Å². The Balaban J connectivity index is 1.46. The second kappa shape index (κ2) is 4.82. The molecule has 22 heavy (non-hydrogen) atoms. The summed E-state index contributed by atoms with van der Waals surface area (Å²) in [5.74, 6) is 1.34. The van der Waals surface area contributed by atoms with Gasteiger partial charge in [-0.05, 0) is 62.7 Å². The first-order valence-corrected chi connectivity index (χ1v) is 8.44. The van der Waals surface area contributed by atoms with E-state index < -0.39 is 5.60 Å². The zero-order valence-electron chi connectivity index (χ0n) is 13.2. The van der Waals surface area contributed by atoms with Gasteiger partial charge >= 0.3 is 0 Å². The molecule has 0 saturated heterocycles. The monoisotopic (exact) mass is 303 g/mol. The van der Waals surface area contributed by atoms with Gasteiger partial charge in [-0.3, -0.25) is 4.79 Å². The number of nitrogens with one attached hydrogen (secondary N) is 1. The van der Waals surface area contributed by atoms with E-state index in [0.29, 0.717) is 18.4 Å². The lowest BCUT2D eigenvalue weighted by Crippen LogP contribution is -2.61. The minimum atomic E-state index is -0.465. The standard InChI is InChI=1S/C17H25N3O2/c1-12(19-15(21)9-20-3-2-18-11-20)16-5-13-4-14(6-16)8-17(22,7-13)10-16/h2-3,11-14,22H,4-10H2,1H3,(H,19,21). The van der Waals surface area contributed by atoms with E-state index in [1.165, 1.54) is 19.3 Å². The molecular formula is C17H25N3O2. The van der Waals surface area contributed by atoms with Gasteiger partial charge in [0.1, 0.15) is 6.54 Å². The van der Waals surface area contributed by atoms with E-state index >= 15 is 0 Å². The van der Waals surface area contributed by atoms with E-state index in [1.54, 1.807) is 23.3 Å². The summed E-state index contributed by atoms with van der Waals surface area (Å²) >= 11 is 0. The van der Waals surface area contributed by atoms with Crippen LogP contribution in [0.4, 0.5) is 0 Å². The summed E-state index contributed by atoms with van der Waals surface area (Å²) in [6, 6.07) is 0.126. The third kappa shape index (κ3) is 2.35. The fraction of sp³-hybridized carbons (Fsp3) is 0.765. The number of aromatic nitrogens is 2. The molecule has 4 aliphatic carbocycles. The zero-order chi connectivity index (χ0) is 15.4. The third-order valence-corrected chi connectivity index (χ3v) is 6.26. The molecule has 5 nitrogen and oxygen atoms in total. The molecule has 120 valence electrons. The van der Waals surface area contributed by atoms with E-state index in [0.717, 1.165) is 19.3 Å². The Morgan fingerprint density at radius 1 is 1.41 bits per heavy atom. The number of aliphatic hydroxyl groups is 1. The molecule has 3 unspecified atom stereocenters. The highest BCUT2D eigenvalue weighted by Crippen LogP contribution is 2.62. The molecule has 2 N–H and O–H groups in total. The summed E-state index contributed by atoms with van der Waals surface area (Å²) < 4.78 is 1.79. The Hall–Kier alpha value is -1.36. The van der Waals surface area contributed by atoms with Crippen LogP contribution in [0.15, 0.2) is 18.7 Å². The summed E-state index contributed by atoms with van der Waals surface area (Å²) in [4.78, 5) is 16.2. The molecule has 0 aliphatic heterocycles. The molecule has 4 saturated carbocycles. The molecule has 1 aromatic rings. The van der Waals surface area contributed by atoms with Crippen molar-refractivity contribution in [3.63, 3.8) is 0 Å². The van der Waals surface area contributed by atoms with Crippen LogP contribution >= 0.6 is 0 Å². The van der Waals surface area contributed by atoms with Gasteiger partial charge in [-0.2, -0.15) is 0 Å². The molecular weight excluding hydrogens is 278 g/mol. The lowest BCUT2D eigenvalue weighted by molar-refractivity contribution is -0.173. The van der Waals surface area contributed by atoms with Crippen molar-refractivity contribution in [2.45, 2.75) is 63.6 Å². The summed E-state index contributed by atoms with van der Waals surface area (Å²) in [6.45, 7) is 2.44. The van der Waals surface area contributed by atoms with E-state index in [2.05, 4.69) is 17.2 Å². The van der Waals surface area contributed by atoms with Crippen molar-refractivity contribution in [1.29, 1.82) is 0 Å². The fourth-order valence-electron chi connectivity index (χ4n) is 5.78. The van der Waals surface area contributed by atoms with Crippen LogP contribution in [0.5, 0.6) is 0 Å². The van der Waals surface area contributed by atoms with Crippen LogP contribution in [0.3, 0.4) is 0 Å². The largest absolute Gasteiger partial charge is 0.390 e. The molecule has 3 atom stereocenters. The lowest BCUT2D eigenvalue weighted by Gasteiger charge is -2.62. The highest BCUT2D eigenvalue weighted by Gasteiger charge is 2.58. The SMILES string of the molecule is CC(NC(=O)Cn1ccnc1)C12CC3CC(CC(O)(C3)C1)C2. The van der Waals surface area contributed by atoms with E-state index in [1.807, 2.05) is 0 Å². The number of nitrogens with zero attached hydrogens (tertiary/aromatic N) is 2. The number of imidazole rings is 1. The van der Waals surface area contributed by atoms with Crippen molar-refractivity contribution >= 4 is 5.91 Å². The van der Waals surface area contributed by atoms with E-state index in [9.17, 15) is 9.90 Å².